The molecule has 1 unspecified atom stereocenters. The SMILES string of the molecule is CC(N)C(F)(F)c1cc(Br)ccc1F. The lowest BCUT2D eigenvalue weighted by atomic mass is 10.0. The van der Waals surface area contributed by atoms with E-state index in [4.69, 9.17) is 5.73 Å². The van der Waals surface area contributed by atoms with Crippen molar-refractivity contribution in [3.8, 4) is 0 Å². The predicted molar refractivity (Wildman–Crippen MR) is 51.6 cm³/mol. The molecular weight excluding hydrogens is 259 g/mol. The summed E-state index contributed by atoms with van der Waals surface area (Å²) < 4.78 is 40.1. The summed E-state index contributed by atoms with van der Waals surface area (Å²) in [5.74, 6) is -4.30. The number of halogens is 4. The minimum Gasteiger partial charge on any atom is -0.323 e. The molecule has 0 fully saturated rings. The molecule has 0 aliphatic carbocycles. The van der Waals surface area contributed by atoms with E-state index in [-0.39, 0.29) is 0 Å². The molecule has 14 heavy (non-hydrogen) atoms. The highest BCUT2D eigenvalue weighted by atomic mass is 79.9. The molecule has 0 spiro atoms. The molecule has 5 heteroatoms. The first-order valence-electron chi connectivity index (χ1n) is 3.94. The molecule has 1 rings (SSSR count). The summed E-state index contributed by atoms with van der Waals surface area (Å²) in [5, 5.41) is 0. The van der Waals surface area contributed by atoms with E-state index in [0.29, 0.717) is 4.47 Å². The molecule has 1 nitrogen and oxygen atoms in total. The van der Waals surface area contributed by atoms with Crippen LogP contribution >= 0.6 is 15.9 Å². The fourth-order valence-corrected chi connectivity index (χ4v) is 1.36. The van der Waals surface area contributed by atoms with Crippen LogP contribution in [0.15, 0.2) is 22.7 Å². The zero-order valence-corrected chi connectivity index (χ0v) is 8.98. The molecule has 0 aliphatic rings. The van der Waals surface area contributed by atoms with E-state index in [1.807, 2.05) is 0 Å². The maximum Gasteiger partial charge on any atom is 0.290 e. The highest BCUT2D eigenvalue weighted by Gasteiger charge is 2.38. The zero-order valence-electron chi connectivity index (χ0n) is 7.40. The lowest BCUT2D eigenvalue weighted by Gasteiger charge is -2.21. The van der Waals surface area contributed by atoms with Crippen molar-refractivity contribution in [1.29, 1.82) is 0 Å². The molecule has 0 amide bonds. The Labute approximate surface area is 88.2 Å². The third kappa shape index (κ3) is 2.09. The van der Waals surface area contributed by atoms with Crippen LogP contribution in [0.5, 0.6) is 0 Å². The first-order chi connectivity index (χ1) is 6.35. The number of alkyl halides is 2. The lowest BCUT2D eigenvalue weighted by molar-refractivity contribution is -0.0289. The Morgan fingerprint density at radius 2 is 2.00 bits per heavy atom. The van der Waals surface area contributed by atoms with Crippen LogP contribution in [0.1, 0.15) is 12.5 Å². The molecule has 0 aliphatic heterocycles. The standard InChI is InChI=1S/C9H9BrF3N/c1-5(14)9(12,13)7-4-6(10)2-3-8(7)11/h2-5H,14H2,1H3. The maximum absolute atomic E-state index is 13.3. The average molecular weight is 268 g/mol. The summed E-state index contributed by atoms with van der Waals surface area (Å²) in [5.41, 5.74) is 4.41. The van der Waals surface area contributed by atoms with Crippen molar-refractivity contribution in [1.82, 2.24) is 0 Å². The molecule has 0 aromatic heterocycles. The lowest BCUT2D eigenvalue weighted by Crippen LogP contribution is -2.36. The summed E-state index contributed by atoms with van der Waals surface area (Å²) in [6.07, 6.45) is 0. The largest absolute Gasteiger partial charge is 0.323 e. The second kappa shape index (κ2) is 3.90. The smallest absolute Gasteiger partial charge is 0.290 e. The van der Waals surface area contributed by atoms with E-state index >= 15 is 0 Å². The van der Waals surface area contributed by atoms with Gasteiger partial charge in [0.25, 0.3) is 5.92 Å². The van der Waals surface area contributed by atoms with Gasteiger partial charge in [0.15, 0.2) is 0 Å². The van der Waals surface area contributed by atoms with Crippen LogP contribution in [0, 0.1) is 5.82 Å². The second-order valence-corrected chi connectivity index (χ2v) is 3.95. The topological polar surface area (TPSA) is 26.0 Å². The number of benzene rings is 1. The average Bonchev–Trinajstić information content (AvgIpc) is 2.08. The van der Waals surface area contributed by atoms with Crippen molar-refractivity contribution in [3.05, 3.63) is 34.1 Å². The van der Waals surface area contributed by atoms with Gasteiger partial charge >= 0.3 is 0 Å². The quantitative estimate of drug-likeness (QED) is 0.876. The zero-order chi connectivity index (χ0) is 10.9. The summed E-state index contributed by atoms with van der Waals surface area (Å²) in [6, 6.07) is 1.95. The van der Waals surface area contributed by atoms with Crippen molar-refractivity contribution < 1.29 is 13.2 Å². The molecule has 0 radical (unpaired) electrons. The van der Waals surface area contributed by atoms with E-state index in [1.54, 1.807) is 0 Å². The molecule has 2 N–H and O–H groups in total. The maximum atomic E-state index is 13.3. The van der Waals surface area contributed by atoms with E-state index in [9.17, 15) is 13.2 Å². The van der Waals surface area contributed by atoms with E-state index < -0.39 is 23.3 Å². The van der Waals surface area contributed by atoms with Gasteiger partial charge in [-0.15, -0.1) is 0 Å². The number of hydrogen-bond acceptors (Lipinski definition) is 1. The summed E-state index contributed by atoms with van der Waals surface area (Å²) in [6.45, 7) is 1.14. The van der Waals surface area contributed by atoms with Gasteiger partial charge in [-0.3, -0.25) is 0 Å². The first-order valence-corrected chi connectivity index (χ1v) is 4.74. The van der Waals surface area contributed by atoms with Gasteiger partial charge in [-0.2, -0.15) is 8.78 Å². The fourth-order valence-electron chi connectivity index (χ4n) is 0.998. The number of rotatable bonds is 2. The Morgan fingerprint density at radius 3 is 2.50 bits per heavy atom. The number of nitrogens with two attached hydrogens (primary N) is 1. The van der Waals surface area contributed by atoms with Crippen molar-refractivity contribution >= 4 is 15.9 Å². The highest BCUT2D eigenvalue weighted by Crippen LogP contribution is 2.33. The normalized spacial score (nSPS) is 14.1. The molecule has 0 saturated carbocycles. The molecular formula is C9H9BrF3N. The van der Waals surface area contributed by atoms with Crippen LogP contribution in [0.25, 0.3) is 0 Å². The van der Waals surface area contributed by atoms with Crippen LogP contribution in [0.2, 0.25) is 0 Å². The third-order valence-electron chi connectivity index (χ3n) is 1.86. The predicted octanol–water partition coefficient (Wildman–Crippen LogP) is 3.03. The second-order valence-electron chi connectivity index (χ2n) is 3.04. The van der Waals surface area contributed by atoms with Crippen LogP contribution in [-0.4, -0.2) is 6.04 Å². The van der Waals surface area contributed by atoms with Gasteiger partial charge in [0, 0.05) is 4.47 Å². The minimum absolute atomic E-state index is 0.397. The molecule has 1 aromatic carbocycles. The van der Waals surface area contributed by atoms with Crippen LogP contribution < -0.4 is 5.73 Å². The summed E-state index contributed by atoms with van der Waals surface area (Å²) in [4.78, 5) is 0. The molecule has 0 bridgehead atoms. The van der Waals surface area contributed by atoms with Gasteiger partial charge in [0.05, 0.1) is 11.6 Å². The van der Waals surface area contributed by atoms with Crippen molar-refractivity contribution in [2.45, 2.75) is 18.9 Å². The molecule has 0 saturated heterocycles. The van der Waals surface area contributed by atoms with Gasteiger partial charge in [0.1, 0.15) is 5.82 Å². The van der Waals surface area contributed by atoms with Gasteiger partial charge in [-0.25, -0.2) is 4.39 Å². The Morgan fingerprint density at radius 1 is 1.43 bits per heavy atom. The monoisotopic (exact) mass is 267 g/mol. The van der Waals surface area contributed by atoms with E-state index in [0.717, 1.165) is 19.1 Å². The fraction of sp³-hybridized carbons (Fsp3) is 0.333. The molecule has 1 aromatic rings. The van der Waals surface area contributed by atoms with Gasteiger partial charge in [0.2, 0.25) is 0 Å². The van der Waals surface area contributed by atoms with Gasteiger partial charge < -0.3 is 5.73 Å². The van der Waals surface area contributed by atoms with Crippen molar-refractivity contribution in [3.63, 3.8) is 0 Å². The van der Waals surface area contributed by atoms with Crippen LogP contribution in [0.4, 0.5) is 13.2 Å². The highest BCUT2D eigenvalue weighted by molar-refractivity contribution is 9.10. The summed E-state index contributed by atoms with van der Waals surface area (Å²) in [7, 11) is 0. The minimum atomic E-state index is -3.35. The Bertz CT molecular complexity index is 339. The van der Waals surface area contributed by atoms with Crippen LogP contribution in [0.3, 0.4) is 0 Å². The van der Waals surface area contributed by atoms with Gasteiger partial charge in [-0.1, -0.05) is 15.9 Å². The van der Waals surface area contributed by atoms with Crippen molar-refractivity contribution in [2.24, 2.45) is 5.73 Å². The first kappa shape index (κ1) is 11.5. The Balaban J connectivity index is 3.24. The Hall–Kier alpha value is -0.550. The van der Waals surface area contributed by atoms with Crippen molar-refractivity contribution in [2.75, 3.05) is 0 Å². The van der Waals surface area contributed by atoms with Gasteiger partial charge in [-0.05, 0) is 25.1 Å². The third-order valence-corrected chi connectivity index (χ3v) is 2.35. The van der Waals surface area contributed by atoms with Crippen LogP contribution in [-0.2, 0) is 5.92 Å². The van der Waals surface area contributed by atoms with E-state index in [2.05, 4.69) is 15.9 Å². The molecule has 78 valence electrons. The number of hydrogen-bond donors (Lipinski definition) is 1. The molecule has 1 atom stereocenters. The Kier molecular flexibility index (Phi) is 3.21. The molecule has 0 heterocycles. The summed E-state index contributed by atoms with van der Waals surface area (Å²) >= 11 is 3.00. The van der Waals surface area contributed by atoms with E-state index in [1.165, 1.54) is 6.07 Å².